The summed E-state index contributed by atoms with van der Waals surface area (Å²) in [6.07, 6.45) is 0.571. The molecular formula is C20H24OSi. The normalized spacial score (nSPS) is 12.7. The Labute approximate surface area is 134 Å². The SMILES string of the molecule is C=C(c1ccccc1)[C@@H](CC(C)=O)[Si](C)(C)c1ccccc1. The third kappa shape index (κ3) is 3.63. The first-order chi connectivity index (χ1) is 10.4. The molecule has 0 aliphatic heterocycles. The first-order valence-electron chi connectivity index (χ1n) is 7.72. The van der Waals surface area contributed by atoms with Crippen molar-refractivity contribution in [2.75, 3.05) is 0 Å². The maximum Gasteiger partial charge on any atom is 0.130 e. The number of ketones is 1. The smallest absolute Gasteiger partial charge is 0.130 e. The number of benzene rings is 2. The van der Waals surface area contributed by atoms with E-state index in [4.69, 9.17) is 0 Å². The highest BCUT2D eigenvalue weighted by Gasteiger charge is 2.36. The molecule has 0 aliphatic rings. The number of hydrogen-bond acceptors (Lipinski definition) is 1. The van der Waals surface area contributed by atoms with Gasteiger partial charge in [-0.15, -0.1) is 0 Å². The van der Waals surface area contributed by atoms with Crippen molar-refractivity contribution in [3.63, 3.8) is 0 Å². The summed E-state index contributed by atoms with van der Waals surface area (Å²) in [6, 6.07) is 20.8. The molecule has 0 radical (unpaired) electrons. The predicted molar refractivity (Wildman–Crippen MR) is 98.1 cm³/mol. The van der Waals surface area contributed by atoms with Crippen molar-refractivity contribution >= 4 is 24.6 Å². The number of hydrogen-bond donors (Lipinski definition) is 0. The molecule has 2 aromatic rings. The summed E-state index contributed by atoms with van der Waals surface area (Å²) >= 11 is 0. The molecule has 0 aliphatic carbocycles. The molecule has 0 aromatic heterocycles. The third-order valence-corrected chi connectivity index (χ3v) is 8.56. The minimum Gasteiger partial charge on any atom is -0.300 e. The van der Waals surface area contributed by atoms with Gasteiger partial charge >= 0.3 is 0 Å². The summed E-state index contributed by atoms with van der Waals surface area (Å²) in [4.78, 5) is 11.8. The van der Waals surface area contributed by atoms with Crippen LogP contribution >= 0.6 is 0 Å². The average molecular weight is 308 g/mol. The number of carbonyl (C=O) groups is 1. The van der Waals surface area contributed by atoms with Crippen LogP contribution in [0.4, 0.5) is 0 Å². The molecule has 0 saturated carbocycles. The van der Waals surface area contributed by atoms with Gasteiger partial charge in [-0.25, -0.2) is 0 Å². The van der Waals surface area contributed by atoms with Gasteiger partial charge < -0.3 is 4.79 Å². The van der Waals surface area contributed by atoms with Crippen LogP contribution in [-0.2, 0) is 4.79 Å². The van der Waals surface area contributed by atoms with Crippen LogP contribution in [-0.4, -0.2) is 13.9 Å². The zero-order chi connectivity index (χ0) is 16.2. The summed E-state index contributed by atoms with van der Waals surface area (Å²) in [5.74, 6) is 0.235. The lowest BCUT2D eigenvalue weighted by Gasteiger charge is -2.34. The molecule has 2 heteroatoms. The van der Waals surface area contributed by atoms with Gasteiger partial charge in [0.1, 0.15) is 5.78 Å². The Hall–Kier alpha value is -1.93. The van der Waals surface area contributed by atoms with Crippen molar-refractivity contribution in [2.24, 2.45) is 0 Å². The van der Waals surface area contributed by atoms with Crippen molar-refractivity contribution in [3.05, 3.63) is 72.8 Å². The Kier molecular flexibility index (Phi) is 5.14. The van der Waals surface area contributed by atoms with E-state index in [-0.39, 0.29) is 11.3 Å². The van der Waals surface area contributed by atoms with Crippen molar-refractivity contribution in [3.8, 4) is 0 Å². The van der Waals surface area contributed by atoms with Gasteiger partial charge in [0.15, 0.2) is 0 Å². The fourth-order valence-electron chi connectivity index (χ4n) is 3.02. The van der Waals surface area contributed by atoms with E-state index >= 15 is 0 Å². The quantitative estimate of drug-likeness (QED) is 0.709. The molecule has 0 unspecified atom stereocenters. The van der Waals surface area contributed by atoms with Crippen molar-refractivity contribution in [1.82, 2.24) is 0 Å². The van der Waals surface area contributed by atoms with Crippen LogP contribution in [0.3, 0.4) is 0 Å². The maximum atomic E-state index is 11.8. The van der Waals surface area contributed by atoms with Gasteiger partial charge in [-0.05, 0) is 23.6 Å². The van der Waals surface area contributed by atoms with Crippen molar-refractivity contribution in [2.45, 2.75) is 32.0 Å². The zero-order valence-electron chi connectivity index (χ0n) is 13.7. The van der Waals surface area contributed by atoms with Crippen LogP contribution < -0.4 is 5.19 Å². The number of Topliss-reactive ketones (excluding diaryl/α,β-unsaturated/α-hetero) is 1. The van der Waals surface area contributed by atoms with E-state index in [9.17, 15) is 4.79 Å². The van der Waals surface area contributed by atoms with Gasteiger partial charge in [-0.2, -0.15) is 0 Å². The monoisotopic (exact) mass is 308 g/mol. The second-order valence-electron chi connectivity index (χ2n) is 6.44. The van der Waals surface area contributed by atoms with Gasteiger partial charge in [0.25, 0.3) is 0 Å². The standard InChI is InChI=1S/C20H24OSi/c1-16(21)15-20(17(2)18-11-7-5-8-12-18)22(3,4)19-13-9-6-10-14-19/h5-14,20H,2,15H2,1,3-4H3/t20-/m1/s1. The lowest BCUT2D eigenvalue weighted by atomic mass is 10.0. The largest absolute Gasteiger partial charge is 0.300 e. The highest BCUT2D eigenvalue weighted by Crippen LogP contribution is 2.38. The summed E-state index contributed by atoms with van der Waals surface area (Å²) in [5, 5.41) is 1.37. The van der Waals surface area contributed by atoms with Gasteiger partial charge in [0, 0.05) is 6.42 Å². The summed E-state index contributed by atoms with van der Waals surface area (Å²) in [6.45, 7) is 10.7. The van der Waals surface area contributed by atoms with Gasteiger partial charge in [0.2, 0.25) is 0 Å². The molecular weight excluding hydrogens is 284 g/mol. The van der Waals surface area contributed by atoms with Crippen LogP contribution in [0.25, 0.3) is 5.57 Å². The number of rotatable bonds is 6. The maximum absolute atomic E-state index is 11.8. The molecule has 22 heavy (non-hydrogen) atoms. The van der Waals surface area contributed by atoms with E-state index in [2.05, 4.69) is 56.1 Å². The Morgan fingerprint density at radius 2 is 1.50 bits per heavy atom. The summed E-state index contributed by atoms with van der Waals surface area (Å²) in [7, 11) is -1.84. The van der Waals surface area contributed by atoms with Gasteiger partial charge in [-0.3, -0.25) is 0 Å². The van der Waals surface area contributed by atoms with E-state index in [1.807, 2.05) is 24.3 Å². The summed E-state index contributed by atoms with van der Waals surface area (Å²) < 4.78 is 0. The topological polar surface area (TPSA) is 17.1 Å². The van der Waals surface area contributed by atoms with Gasteiger partial charge in [-0.1, -0.05) is 85.5 Å². The Morgan fingerprint density at radius 3 is 2.00 bits per heavy atom. The second kappa shape index (κ2) is 6.88. The molecule has 1 atom stereocenters. The zero-order valence-corrected chi connectivity index (χ0v) is 14.7. The first-order valence-corrected chi connectivity index (χ1v) is 10.8. The first kappa shape index (κ1) is 16.4. The summed E-state index contributed by atoms with van der Waals surface area (Å²) in [5.41, 5.74) is 2.45. The Balaban J connectivity index is 2.42. The van der Waals surface area contributed by atoms with Crippen LogP contribution in [0.5, 0.6) is 0 Å². The predicted octanol–water partition coefficient (Wildman–Crippen LogP) is 4.66. The van der Waals surface area contributed by atoms with E-state index in [1.165, 1.54) is 5.19 Å². The van der Waals surface area contributed by atoms with Crippen molar-refractivity contribution in [1.29, 1.82) is 0 Å². The van der Waals surface area contributed by atoms with Crippen LogP contribution in [0.2, 0.25) is 18.6 Å². The molecule has 2 rings (SSSR count). The lowest BCUT2D eigenvalue weighted by Crippen LogP contribution is -2.46. The van der Waals surface area contributed by atoms with E-state index < -0.39 is 8.07 Å². The van der Waals surface area contributed by atoms with Crippen LogP contribution in [0.1, 0.15) is 18.9 Å². The molecule has 1 nitrogen and oxygen atoms in total. The van der Waals surface area contributed by atoms with Crippen LogP contribution in [0, 0.1) is 0 Å². The minimum atomic E-state index is -1.84. The fraction of sp³-hybridized carbons (Fsp3) is 0.250. The molecule has 0 bridgehead atoms. The highest BCUT2D eigenvalue weighted by atomic mass is 28.3. The third-order valence-electron chi connectivity index (χ3n) is 4.45. The molecule has 0 spiro atoms. The van der Waals surface area contributed by atoms with E-state index in [0.29, 0.717) is 6.42 Å². The molecule has 0 fully saturated rings. The molecule has 0 heterocycles. The van der Waals surface area contributed by atoms with E-state index in [0.717, 1.165) is 11.1 Å². The highest BCUT2D eigenvalue weighted by molar-refractivity contribution is 6.92. The fourth-order valence-corrected chi connectivity index (χ4v) is 6.31. The number of allylic oxidation sites excluding steroid dienone is 1. The Bertz CT molecular complexity index is 644. The minimum absolute atomic E-state index is 0.217. The molecule has 0 saturated heterocycles. The van der Waals surface area contributed by atoms with E-state index in [1.54, 1.807) is 6.92 Å². The average Bonchev–Trinajstić information content (AvgIpc) is 2.53. The molecule has 0 amide bonds. The van der Waals surface area contributed by atoms with Crippen molar-refractivity contribution < 1.29 is 4.79 Å². The molecule has 2 aromatic carbocycles. The van der Waals surface area contributed by atoms with Crippen LogP contribution in [0.15, 0.2) is 67.2 Å². The number of carbonyl (C=O) groups excluding carboxylic acids is 1. The Morgan fingerprint density at radius 1 is 1.00 bits per heavy atom. The second-order valence-corrected chi connectivity index (χ2v) is 11.2. The van der Waals surface area contributed by atoms with Gasteiger partial charge in [0.05, 0.1) is 8.07 Å². The lowest BCUT2D eigenvalue weighted by molar-refractivity contribution is -0.116. The molecule has 114 valence electrons. The molecule has 0 N–H and O–H groups in total.